The molecule has 0 bridgehead atoms. The van der Waals surface area contributed by atoms with Gasteiger partial charge in [0.05, 0.1) is 30.2 Å². The molecule has 0 saturated carbocycles. The first kappa shape index (κ1) is 18.4. The molecule has 3 aromatic heterocycles. The smallest absolute Gasteiger partial charge is 0.322 e. The van der Waals surface area contributed by atoms with Gasteiger partial charge in [-0.1, -0.05) is 5.21 Å². The number of rotatable bonds is 4. The number of hydrogen-bond donors (Lipinski definition) is 2. The second-order valence-corrected chi connectivity index (χ2v) is 7.38. The number of aromatic nitrogens is 6. The third kappa shape index (κ3) is 3.33. The van der Waals surface area contributed by atoms with E-state index in [9.17, 15) is 4.79 Å². The van der Waals surface area contributed by atoms with Crippen LogP contribution in [0.25, 0.3) is 27.8 Å². The molecule has 0 unspecified atom stereocenters. The number of ether oxygens (including phenoxy) is 1. The van der Waals surface area contributed by atoms with Crippen LogP contribution < -0.4 is 5.32 Å². The average Bonchev–Trinajstić information content (AvgIpc) is 3.46. The Kier molecular flexibility index (Phi) is 4.72. The van der Waals surface area contributed by atoms with Crippen molar-refractivity contribution in [1.82, 2.24) is 35.5 Å². The quantitative estimate of drug-likeness (QED) is 0.503. The third-order valence-corrected chi connectivity index (χ3v) is 5.59. The number of esters is 1. The van der Waals surface area contributed by atoms with E-state index in [0.717, 1.165) is 46.4 Å². The molecule has 5 rings (SSSR count). The summed E-state index contributed by atoms with van der Waals surface area (Å²) in [5, 5.41) is 20.5. The minimum atomic E-state index is -0.239. The van der Waals surface area contributed by atoms with Crippen molar-refractivity contribution in [1.29, 1.82) is 0 Å². The number of piperidine rings is 1. The van der Waals surface area contributed by atoms with Gasteiger partial charge in [0, 0.05) is 35.8 Å². The van der Waals surface area contributed by atoms with Crippen LogP contribution in [0.1, 0.15) is 24.5 Å². The van der Waals surface area contributed by atoms with Gasteiger partial charge < -0.3 is 10.1 Å². The predicted molar refractivity (Wildman–Crippen MR) is 110 cm³/mol. The van der Waals surface area contributed by atoms with Gasteiger partial charge in [-0.25, -0.2) is 4.68 Å². The molecular formula is C21H21N7O2. The summed E-state index contributed by atoms with van der Waals surface area (Å²) in [4.78, 5) is 15.8. The Morgan fingerprint density at radius 3 is 2.83 bits per heavy atom. The highest BCUT2D eigenvalue weighted by Gasteiger charge is 2.28. The number of pyridine rings is 1. The van der Waals surface area contributed by atoms with Gasteiger partial charge in [0.25, 0.3) is 0 Å². The van der Waals surface area contributed by atoms with Gasteiger partial charge in [-0.05, 0) is 43.2 Å². The number of fused-ring (bicyclic) bond motifs is 1. The first-order valence-electron chi connectivity index (χ1n) is 9.85. The molecule has 30 heavy (non-hydrogen) atoms. The Hall–Kier alpha value is -3.59. The number of nitrogens with one attached hydrogen (secondary N) is 2. The lowest BCUT2D eigenvalue weighted by atomic mass is 9.92. The maximum atomic E-state index is 11.7. The number of nitrogens with zero attached hydrogens (tertiary/aromatic N) is 5. The van der Waals surface area contributed by atoms with Crippen molar-refractivity contribution in [3.05, 3.63) is 54.6 Å². The fourth-order valence-electron chi connectivity index (χ4n) is 3.92. The summed E-state index contributed by atoms with van der Waals surface area (Å²) < 4.78 is 6.60. The minimum Gasteiger partial charge on any atom is -0.468 e. The number of methoxy groups -OCH3 is 1. The summed E-state index contributed by atoms with van der Waals surface area (Å²) in [5.41, 5.74) is 4.65. The molecule has 4 heterocycles. The highest BCUT2D eigenvalue weighted by Crippen LogP contribution is 2.28. The number of carbonyl (C=O) groups is 1. The first-order chi connectivity index (χ1) is 14.7. The Balaban J connectivity index is 1.39. The highest BCUT2D eigenvalue weighted by molar-refractivity contribution is 5.94. The highest BCUT2D eigenvalue weighted by atomic mass is 16.5. The molecule has 0 spiro atoms. The van der Waals surface area contributed by atoms with Crippen molar-refractivity contribution in [3.8, 4) is 16.9 Å². The van der Waals surface area contributed by atoms with E-state index in [2.05, 4.69) is 36.9 Å². The standard InChI is InChI=1S/C21H21N7O2/c1-30-21(29)18-4-2-14(11-23-18)19-12-28(27-25-19)15-3-5-17-16(10-15)20(26-24-17)13-6-8-22-9-7-13/h3,5-10,12,14,18,23H,2,4,11H2,1H3,(H,24,26)/t14-,18+/m1/s1. The van der Waals surface area contributed by atoms with Crippen LogP contribution in [0.5, 0.6) is 0 Å². The molecule has 1 aliphatic heterocycles. The lowest BCUT2D eigenvalue weighted by molar-refractivity contribution is -0.143. The van der Waals surface area contributed by atoms with Crippen molar-refractivity contribution in [2.75, 3.05) is 13.7 Å². The number of H-pyrrole nitrogens is 1. The number of aromatic amines is 1. The van der Waals surface area contributed by atoms with Gasteiger partial charge in [0.15, 0.2) is 0 Å². The van der Waals surface area contributed by atoms with Crippen molar-refractivity contribution in [2.45, 2.75) is 24.8 Å². The topological polar surface area (TPSA) is 111 Å². The van der Waals surface area contributed by atoms with Gasteiger partial charge in [-0.15, -0.1) is 5.10 Å². The first-order valence-corrected chi connectivity index (χ1v) is 9.85. The maximum Gasteiger partial charge on any atom is 0.322 e. The van der Waals surface area contributed by atoms with Crippen molar-refractivity contribution >= 4 is 16.9 Å². The van der Waals surface area contributed by atoms with E-state index in [1.165, 1.54) is 7.11 Å². The molecule has 9 heteroatoms. The molecule has 9 nitrogen and oxygen atoms in total. The van der Waals surface area contributed by atoms with Crippen LogP contribution in [0.15, 0.2) is 48.9 Å². The molecule has 1 fully saturated rings. The lowest BCUT2D eigenvalue weighted by Gasteiger charge is -2.26. The summed E-state index contributed by atoms with van der Waals surface area (Å²) in [6.07, 6.45) is 7.05. The Morgan fingerprint density at radius 2 is 2.07 bits per heavy atom. The van der Waals surface area contributed by atoms with Gasteiger partial charge >= 0.3 is 5.97 Å². The second kappa shape index (κ2) is 7.68. The average molecular weight is 403 g/mol. The number of carbonyl (C=O) groups excluding carboxylic acids is 1. The summed E-state index contributed by atoms with van der Waals surface area (Å²) in [6.45, 7) is 0.672. The fourth-order valence-corrected chi connectivity index (χ4v) is 3.92. The zero-order chi connectivity index (χ0) is 20.5. The lowest BCUT2D eigenvalue weighted by Crippen LogP contribution is -2.43. The van der Waals surface area contributed by atoms with Crippen molar-refractivity contribution in [3.63, 3.8) is 0 Å². The van der Waals surface area contributed by atoms with Crippen LogP contribution in [0.3, 0.4) is 0 Å². The third-order valence-electron chi connectivity index (χ3n) is 5.59. The zero-order valence-electron chi connectivity index (χ0n) is 16.4. The normalized spacial score (nSPS) is 19.1. The zero-order valence-corrected chi connectivity index (χ0v) is 16.4. The van der Waals surface area contributed by atoms with Crippen LogP contribution >= 0.6 is 0 Å². The molecule has 4 aromatic rings. The van der Waals surface area contributed by atoms with Crippen LogP contribution in [0, 0.1) is 0 Å². The van der Waals surface area contributed by atoms with E-state index in [4.69, 9.17) is 4.74 Å². The number of hydrogen-bond acceptors (Lipinski definition) is 7. The van der Waals surface area contributed by atoms with Gasteiger partial charge in [0.2, 0.25) is 0 Å². The van der Waals surface area contributed by atoms with Crippen LogP contribution in [0.2, 0.25) is 0 Å². The van der Waals surface area contributed by atoms with Crippen LogP contribution in [0.4, 0.5) is 0 Å². The monoisotopic (exact) mass is 403 g/mol. The molecular weight excluding hydrogens is 382 g/mol. The molecule has 1 saturated heterocycles. The predicted octanol–water partition coefficient (Wildman–Crippen LogP) is 2.21. The summed E-state index contributed by atoms with van der Waals surface area (Å²) >= 11 is 0. The van der Waals surface area contributed by atoms with Crippen molar-refractivity contribution < 1.29 is 9.53 Å². The molecule has 0 aliphatic carbocycles. The summed E-state index contributed by atoms with van der Waals surface area (Å²) in [6, 6.07) is 9.67. The van der Waals surface area contributed by atoms with E-state index in [0.29, 0.717) is 6.54 Å². The van der Waals surface area contributed by atoms with Crippen LogP contribution in [-0.2, 0) is 9.53 Å². The number of benzene rings is 1. The Labute approximate surface area is 172 Å². The van der Waals surface area contributed by atoms with E-state index in [1.807, 2.05) is 30.5 Å². The molecule has 0 amide bonds. The van der Waals surface area contributed by atoms with Gasteiger partial charge in [-0.2, -0.15) is 5.10 Å². The van der Waals surface area contributed by atoms with E-state index in [-0.39, 0.29) is 17.9 Å². The fraction of sp³-hybridized carbons (Fsp3) is 0.286. The molecule has 1 aromatic carbocycles. The summed E-state index contributed by atoms with van der Waals surface area (Å²) in [7, 11) is 1.42. The molecule has 1 aliphatic rings. The molecule has 2 N–H and O–H groups in total. The van der Waals surface area contributed by atoms with Crippen molar-refractivity contribution in [2.24, 2.45) is 0 Å². The van der Waals surface area contributed by atoms with Crippen LogP contribution in [-0.4, -0.2) is 55.8 Å². The molecule has 152 valence electrons. The Morgan fingerprint density at radius 1 is 1.20 bits per heavy atom. The van der Waals surface area contributed by atoms with E-state index in [1.54, 1.807) is 17.1 Å². The largest absolute Gasteiger partial charge is 0.468 e. The summed E-state index contributed by atoms with van der Waals surface area (Å²) in [5.74, 6) is 0.000197. The molecule has 2 atom stereocenters. The SMILES string of the molecule is COC(=O)[C@@H]1CC[C@@H](c2cn(-c3ccc4[nH]nc(-c5ccncc5)c4c3)nn2)CN1. The Bertz CT molecular complexity index is 1180. The van der Waals surface area contributed by atoms with Gasteiger partial charge in [0.1, 0.15) is 11.7 Å². The van der Waals surface area contributed by atoms with E-state index < -0.39 is 0 Å². The van der Waals surface area contributed by atoms with E-state index >= 15 is 0 Å². The molecule has 0 radical (unpaired) electrons. The minimum absolute atomic E-state index is 0.212. The maximum absolute atomic E-state index is 11.7. The van der Waals surface area contributed by atoms with Gasteiger partial charge in [-0.3, -0.25) is 14.9 Å². The second-order valence-electron chi connectivity index (χ2n) is 7.38.